The highest BCUT2D eigenvalue weighted by Gasteiger charge is 2.02. The Kier molecular flexibility index (Phi) is 5.70. The van der Waals surface area contributed by atoms with Crippen LogP contribution in [0.5, 0.6) is 5.75 Å². The maximum atomic E-state index is 11.1. The molecule has 5 heteroatoms. The number of benzene rings is 1. The number of nitrogens with one attached hydrogen (secondary N) is 2. The topological polar surface area (TPSA) is 67.4 Å². The minimum absolute atomic E-state index is 0.00619. The van der Waals surface area contributed by atoms with E-state index < -0.39 is 0 Å². The second kappa shape index (κ2) is 7.32. The Labute approximate surface area is 107 Å². The molecule has 0 aliphatic heterocycles. The third-order valence-corrected chi connectivity index (χ3v) is 2.36. The molecule has 0 saturated heterocycles. The molecule has 18 heavy (non-hydrogen) atoms. The van der Waals surface area contributed by atoms with E-state index in [-0.39, 0.29) is 18.4 Å². The molecule has 0 fully saturated rings. The average Bonchev–Trinajstić information content (AvgIpc) is 2.42. The van der Waals surface area contributed by atoms with Crippen LogP contribution >= 0.6 is 0 Å². The first-order chi connectivity index (χ1) is 8.65. The minimum Gasteiger partial charge on any atom is -0.484 e. The summed E-state index contributed by atoms with van der Waals surface area (Å²) in [6.45, 7) is 2.25. The molecule has 2 N–H and O–H groups in total. The summed E-state index contributed by atoms with van der Waals surface area (Å²) in [5, 5.41) is 5.25. The SMILES string of the molecule is CCC(=O)NCc1cccc(OCC(=O)NC)c1. The number of amides is 2. The zero-order valence-corrected chi connectivity index (χ0v) is 10.7. The van der Waals surface area contributed by atoms with Crippen molar-refractivity contribution in [3.05, 3.63) is 29.8 Å². The Morgan fingerprint density at radius 3 is 2.72 bits per heavy atom. The average molecular weight is 250 g/mol. The van der Waals surface area contributed by atoms with Gasteiger partial charge in [-0.2, -0.15) is 0 Å². The Balaban J connectivity index is 2.51. The minimum atomic E-state index is -0.181. The molecule has 0 radical (unpaired) electrons. The van der Waals surface area contributed by atoms with Crippen LogP contribution in [0.25, 0.3) is 0 Å². The van der Waals surface area contributed by atoms with E-state index in [1.807, 2.05) is 12.1 Å². The molecule has 1 aromatic rings. The first-order valence-corrected chi connectivity index (χ1v) is 5.84. The van der Waals surface area contributed by atoms with Crippen LogP contribution in [0.3, 0.4) is 0 Å². The molecule has 0 unspecified atom stereocenters. The largest absolute Gasteiger partial charge is 0.484 e. The van der Waals surface area contributed by atoms with Gasteiger partial charge in [0.05, 0.1) is 0 Å². The van der Waals surface area contributed by atoms with Gasteiger partial charge in [0.15, 0.2) is 6.61 Å². The lowest BCUT2D eigenvalue weighted by atomic mass is 10.2. The lowest BCUT2D eigenvalue weighted by molar-refractivity contribution is -0.122. The fourth-order valence-electron chi connectivity index (χ4n) is 1.29. The number of ether oxygens (including phenoxy) is 1. The molecular weight excluding hydrogens is 232 g/mol. The van der Waals surface area contributed by atoms with Crippen molar-refractivity contribution in [1.29, 1.82) is 0 Å². The Bertz CT molecular complexity index is 383. The van der Waals surface area contributed by atoms with E-state index in [0.29, 0.717) is 18.7 Å². The molecular formula is C13H18N2O3. The van der Waals surface area contributed by atoms with Crippen LogP contribution in [-0.2, 0) is 16.1 Å². The predicted octanol–water partition coefficient (Wildman–Crippen LogP) is 0.838. The summed E-state index contributed by atoms with van der Waals surface area (Å²) in [5.41, 5.74) is 0.936. The molecule has 0 spiro atoms. The highest BCUT2D eigenvalue weighted by molar-refractivity contribution is 5.77. The van der Waals surface area contributed by atoms with Crippen LogP contribution < -0.4 is 15.4 Å². The van der Waals surface area contributed by atoms with E-state index in [9.17, 15) is 9.59 Å². The molecule has 0 atom stereocenters. The third-order valence-electron chi connectivity index (χ3n) is 2.36. The van der Waals surface area contributed by atoms with Gasteiger partial charge in [-0.3, -0.25) is 9.59 Å². The van der Waals surface area contributed by atoms with Gasteiger partial charge >= 0.3 is 0 Å². The van der Waals surface area contributed by atoms with Crippen molar-refractivity contribution in [2.24, 2.45) is 0 Å². The Morgan fingerprint density at radius 2 is 2.06 bits per heavy atom. The van der Waals surface area contributed by atoms with Crippen molar-refractivity contribution in [3.63, 3.8) is 0 Å². The fraction of sp³-hybridized carbons (Fsp3) is 0.385. The van der Waals surface area contributed by atoms with Crippen molar-refractivity contribution < 1.29 is 14.3 Å². The van der Waals surface area contributed by atoms with E-state index in [1.54, 1.807) is 26.1 Å². The molecule has 0 aromatic heterocycles. The van der Waals surface area contributed by atoms with Crippen molar-refractivity contribution in [2.75, 3.05) is 13.7 Å². The van der Waals surface area contributed by atoms with E-state index in [1.165, 1.54) is 0 Å². The molecule has 5 nitrogen and oxygen atoms in total. The fourth-order valence-corrected chi connectivity index (χ4v) is 1.29. The van der Waals surface area contributed by atoms with Gasteiger partial charge in [0.1, 0.15) is 5.75 Å². The van der Waals surface area contributed by atoms with Gasteiger partial charge in [0.2, 0.25) is 5.91 Å². The predicted molar refractivity (Wildman–Crippen MR) is 68.1 cm³/mol. The highest BCUT2D eigenvalue weighted by atomic mass is 16.5. The first-order valence-electron chi connectivity index (χ1n) is 5.84. The van der Waals surface area contributed by atoms with Gasteiger partial charge in [-0.15, -0.1) is 0 Å². The van der Waals surface area contributed by atoms with Crippen molar-refractivity contribution in [1.82, 2.24) is 10.6 Å². The second-order valence-corrected chi connectivity index (χ2v) is 3.74. The maximum absolute atomic E-state index is 11.1. The lowest BCUT2D eigenvalue weighted by Crippen LogP contribution is -2.25. The number of rotatable bonds is 6. The molecule has 0 aliphatic carbocycles. The summed E-state index contributed by atoms with van der Waals surface area (Å²) in [6.07, 6.45) is 0.465. The summed E-state index contributed by atoms with van der Waals surface area (Å²) < 4.78 is 5.31. The second-order valence-electron chi connectivity index (χ2n) is 3.74. The van der Waals surface area contributed by atoms with Crippen LogP contribution in [0.15, 0.2) is 24.3 Å². The van der Waals surface area contributed by atoms with Crippen LogP contribution in [-0.4, -0.2) is 25.5 Å². The maximum Gasteiger partial charge on any atom is 0.257 e. The third kappa shape index (κ3) is 4.86. The van der Waals surface area contributed by atoms with Gasteiger partial charge in [0, 0.05) is 20.0 Å². The first kappa shape index (κ1) is 14.0. The molecule has 2 amide bonds. The summed E-state index contributed by atoms with van der Waals surface area (Å²) >= 11 is 0. The van der Waals surface area contributed by atoms with E-state index in [4.69, 9.17) is 4.74 Å². The summed E-state index contributed by atoms with van der Waals surface area (Å²) in [4.78, 5) is 22.2. The smallest absolute Gasteiger partial charge is 0.257 e. The lowest BCUT2D eigenvalue weighted by Gasteiger charge is -2.08. The molecule has 0 saturated carbocycles. The quantitative estimate of drug-likeness (QED) is 0.786. The number of carbonyl (C=O) groups excluding carboxylic acids is 2. The van der Waals surface area contributed by atoms with Gasteiger partial charge in [-0.1, -0.05) is 19.1 Å². The Morgan fingerprint density at radius 1 is 1.28 bits per heavy atom. The van der Waals surface area contributed by atoms with Gasteiger partial charge in [-0.05, 0) is 17.7 Å². The van der Waals surface area contributed by atoms with Crippen molar-refractivity contribution in [2.45, 2.75) is 19.9 Å². The van der Waals surface area contributed by atoms with Crippen LogP contribution in [0.2, 0.25) is 0 Å². The number of likely N-dealkylation sites (N-methyl/N-ethyl adjacent to an activating group) is 1. The Hall–Kier alpha value is -2.04. The zero-order valence-electron chi connectivity index (χ0n) is 10.7. The normalized spacial score (nSPS) is 9.67. The summed E-state index contributed by atoms with van der Waals surface area (Å²) in [6, 6.07) is 7.29. The highest BCUT2D eigenvalue weighted by Crippen LogP contribution is 2.13. The van der Waals surface area contributed by atoms with E-state index >= 15 is 0 Å². The zero-order chi connectivity index (χ0) is 13.4. The van der Waals surface area contributed by atoms with Gasteiger partial charge < -0.3 is 15.4 Å². The van der Waals surface area contributed by atoms with Crippen LogP contribution in [0.4, 0.5) is 0 Å². The monoisotopic (exact) mass is 250 g/mol. The van der Waals surface area contributed by atoms with E-state index in [0.717, 1.165) is 5.56 Å². The van der Waals surface area contributed by atoms with Crippen LogP contribution in [0, 0.1) is 0 Å². The number of hydrogen-bond donors (Lipinski definition) is 2. The van der Waals surface area contributed by atoms with Crippen molar-refractivity contribution >= 4 is 11.8 Å². The number of carbonyl (C=O) groups is 2. The summed E-state index contributed by atoms with van der Waals surface area (Å²) in [7, 11) is 1.56. The molecule has 1 rings (SSSR count). The molecule has 0 aliphatic rings. The van der Waals surface area contributed by atoms with Gasteiger partial charge in [-0.25, -0.2) is 0 Å². The molecule has 0 bridgehead atoms. The van der Waals surface area contributed by atoms with Crippen LogP contribution in [0.1, 0.15) is 18.9 Å². The molecule has 1 aromatic carbocycles. The summed E-state index contributed by atoms with van der Waals surface area (Å²) in [5.74, 6) is 0.438. The molecule has 98 valence electrons. The number of hydrogen-bond acceptors (Lipinski definition) is 3. The standard InChI is InChI=1S/C13H18N2O3/c1-3-12(16)15-8-10-5-4-6-11(7-10)18-9-13(17)14-2/h4-7H,3,8-9H2,1-2H3,(H,14,17)(H,15,16). The van der Waals surface area contributed by atoms with Crippen molar-refractivity contribution in [3.8, 4) is 5.75 Å². The molecule has 0 heterocycles. The van der Waals surface area contributed by atoms with Gasteiger partial charge in [0.25, 0.3) is 5.91 Å². The van der Waals surface area contributed by atoms with E-state index in [2.05, 4.69) is 10.6 Å².